The number of alkyl carbamates (subject to hydrolysis) is 1. The molecular formula is C19H25Cl2N3O3. The molecule has 0 aliphatic rings. The van der Waals surface area contributed by atoms with Crippen molar-refractivity contribution < 1.29 is 14.3 Å². The topological polar surface area (TPSA) is 83.2 Å². The maximum Gasteiger partial charge on any atom is 0.407 e. The zero-order chi connectivity index (χ0) is 20.4. The van der Waals surface area contributed by atoms with Crippen LogP contribution in [0.25, 0.3) is 10.9 Å². The number of halogens is 2. The summed E-state index contributed by atoms with van der Waals surface area (Å²) in [6, 6.07) is 4.90. The van der Waals surface area contributed by atoms with Crippen molar-refractivity contribution in [2.24, 2.45) is 5.92 Å². The third-order valence-electron chi connectivity index (χ3n) is 3.91. The monoisotopic (exact) mass is 413 g/mol. The number of rotatable bonds is 5. The van der Waals surface area contributed by atoms with Crippen LogP contribution in [0.5, 0.6) is 0 Å². The van der Waals surface area contributed by atoms with E-state index in [4.69, 9.17) is 27.9 Å². The molecule has 2 aromatic rings. The molecule has 1 unspecified atom stereocenters. The van der Waals surface area contributed by atoms with Crippen molar-refractivity contribution in [2.75, 3.05) is 6.54 Å². The summed E-state index contributed by atoms with van der Waals surface area (Å²) in [6.07, 6.45) is -0.520. The average Bonchev–Trinajstić information content (AvgIpc) is 2.86. The number of carbonyl (C=O) groups is 2. The molecule has 0 saturated carbocycles. The Morgan fingerprint density at radius 2 is 1.89 bits per heavy atom. The lowest BCUT2D eigenvalue weighted by Crippen LogP contribution is -2.48. The first kappa shape index (κ1) is 21.4. The molecule has 148 valence electrons. The van der Waals surface area contributed by atoms with Crippen molar-refractivity contribution in [3.8, 4) is 0 Å². The van der Waals surface area contributed by atoms with Crippen LogP contribution >= 0.6 is 23.2 Å². The van der Waals surface area contributed by atoms with E-state index < -0.39 is 11.7 Å². The van der Waals surface area contributed by atoms with Gasteiger partial charge in [0.1, 0.15) is 11.3 Å². The molecular weight excluding hydrogens is 389 g/mol. The number of ether oxygens (including phenoxy) is 1. The van der Waals surface area contributed by atoms with Crippen molar-refractivity contribution in [1.29, 1.82) is 0 Å². The SMILES string of the molecule is CC(C)C(CNC(=O)c1[nH]c2ccc(Cl)cc2c1Cl)NC(=O)OC(C)(C)C. The fraction of sp³-hybridized carbons (Fsp3) is 0.474. The molecule has 1 aromatic carbocycles. The van der Waals surface area contributed by atoms with E-state index in [0.29, 0.717) is 15.4 Å². The maximum atomic E-state index is 12.6. The van der Waals surface area contributed by atoms with Crippen LogP contribution in [0.4, 0.5) is 4.79 Å². The van der Waals surface area contributed by atoms with Crippen LogP contribution in [0.15, 0.2) is 18.2 Å². The molecule has 27 heavy (non-hydrogen) atoms. The molecule has 1 aromatic heterocycles. The van der Waals surface area contributed by atoms with E-state index >= 15 is 0 Å². The van der Waals surface area contributed by atoms with Gasteiger partial charge in [-0.25, -0.2) is 4.79 Å². The van der Waals surface area contributed by atoms with E-state index in [1.807, 2.05) is 13.8 Å². The largest absolute Gasteiger partial charge is 0.444 e. The minimum atomic E-state index is -0.589. The fourth-order valence-corrected chi connectivity index (χ4v) is 2.95. The molecule has 3 N–H and O–H groups in total. The Kier molecular flexibility index (Phi) is 6.65. The first-order valence-electron chi connectivity index (χ1n) is 8.72. The molecule has 2 rings (SSSR count). The first-order chi connectivity index (χ1) is 12.5. The molecule has 0 aliphatic carbocycles. The van der Waals surface area contributed by atoms with E-state index in [-0.39, 0.29) is 30.1 Å². The Labute approximate surface area is 168 Å². The summed E-state index contributed by atoms with van der Waals surface area (Å²) in [7, 11) is 0. The lowest BCUT2D eigenvalue weighted by Gasteiger charge is -2.26. The Morgan fingerprint density at radius 1 is 1.22 bits per heavy atom. The number of hydrogen-bond acceptors (Lipinski definition) is 3. The van der Waals surface area contributed by atoms with Gasteiger partial charge in [-0.15, -0.1) is 0 Å². The molecule has 0 aliphatic heterocycles. The maximum absolute atomic E-state index is 12.6. The van der Waals surface area contributed by atoms with E-state index in [9.17, 15) is 9.59 Å². The molecule has 1 atom stereocenters. The van der Waals surface area contributed by atoms with Crippen LogP contribution in [0.3, 0.4) is 0 Å². The second kappa shape index (κ2) is 8.40. The standard InChI is InChI=1S/C19H25Cl2N3O3/c1-10(2)14(24-18(26)27-19(3,4)5)9-22-17(25)16-15(21)12-8-11(20)6-7-13(12)23-16/h6-8,10,14,23H,9H2,1-5H3,(H,22,25)(H,24,26). The van der Waals surface area contributed by atoms with Crippen molar-refractivity contribution in [1.82, 2.24) is 15.6 Å². The second-order valence-electron chi connectivity index (χ2n) is 7.71. The molecule has 6 nitrogen and oxygen atoms in total. The van der Waals surface area contributed by atoms with Gasteiger partial charge in [-0.1, -0.05) is 37.0 Å². The number of benzene rings is 1. The third kappa shape index (κ3) is 5.78. The molecule has 0 radical (unpaired) electrons. The van der Waals surface area contributed by atoms with Crippen LogP contribution in [0, 0.1) is 5.92 Å². The van der Waals surface area contributed by atoms with Gasteiger partial charge >= 0.3 is 6.09 Å². The Morgan fingerprint density at radius 3 is 2.48 bits per heavy atom. The summed E-state index contributed by atoms with van der Waals surface area (Å²) in [5.41, 5.74) is 0.393. The molecule has 1 heterocycles. The molecule has 0 bridgehead atoms. The van der Waals surface area contributed by atoms with Crippen LogP contribution in [-0.4, -0.2) is 35.2 Å². The van der Waals surface area contributed by atoms with Crippen molar-refractivity contribution in [3.63, 3.8) is 0 Å². The molecule has 0 fully saturated rings. The van der Waals surface area contributed by atoms with Gasteiger partial charge in [-0.2, -0.15) is 0 Å². The van der Waals surface area contributed by atoms with Gasteiger partial charge in [0.25, 0.3) is 5.91 Å². The predicted octanol–water partition coefficient (Wildman–Crippen LogP) is 4.75. The number of H-pyrrole nitrogens is 1. The second-order valence-corrected chi connectivity index (χ2v) is 8.53. The highest BCUT2D eigenvalue weighted by Gasteiger charge is 2.23. The van der Waals surface area contributed by atoms with Gasteiger partial charge in [-0.05, 0) is 44.9 Å². The van der Waals surface area contributed by atoms with E-state index in [0.717, 1.165) is 5.52 Å². The predicted molar refractivity (Wildman–Crippen MR) is 109 cm³/mol. The van der Waals surface area contributed by atoms with Crippen LogP contribution in [0.1, 0.15) is 45.1 Å². The molecule has 0 spiro atoms. The summed E-state index contributed by atoms with van der Waals surface area (Å²) in [6.45, 7) is 9.52. The summed E-state index contributed by atoms with van der Waals surface area (Å²) in [5, 5.41) is 7.13. The van der Waals surface area contributed by atoms with E-state index in [2.05, 4.69) is 15.6 Å². The van der Waals surface area contributed by atoms with Gasteiger partial charge in [0, 0.05) is 22.5 Å². The van der Waals surface area contributed by atoms with Gasteiger partial charge in [0.2, 0.25) is 0 Å². The van der Waals surface area contributed by atoms with E-state index in [1.54, 1.807) is 39.0 Å². The first-order valence-corrected chi connectivity index (χ1v) is 9.48. The van der Waals surface area contributed by atoms with Gasteiger partial charge < -0.3 is 20.4 Å². The number of hydrogen-bond donors (Lipinski definition) is 3. The lowest BCUT2D eigenvalue weighted by molar-refractivity contribution is 0.0487. The zero-order valence-electron chi connectivity index (χ0n) is 16.1. The molecule has 2 amide bonds. The molecule has 8 heteroatoms. The van der Waals surface area contributed by atoms with Gasteiger partial charge in [-0.3, -0.25) is 4.79 Å². The zero-order valence-corrected chi connectivity index (χ0v) is 17.6. The Bertz CT molecular complexity index is 841. The summed E-state index contributed by atoms with van der Waals surface area (Å²) in [4.78, 5) is 27.6. The number of aromatic amines is 1. The van der Waals surface area contributed by atoms with E-state index in [1.165, 1.54) is 0 Å². The minimum absolute atomic E-state index is 0.0924. The summed E-state index contributed by atoms with van der Waals surface area (Å²) < 4.78 is 5.28. The fourth-order valence-electron chi connectivity index (χ4n) is 2.49. The normalized spacial score (nSPS) is 12.9. The highest BCUT2D eigenvalue weighted by molar-refractivity contribution is 6.39. The van der Waals surface area contributed by atoms with Gasteiger partial charge in [0.05, 0.1) is 11.1 Å². The van der Waals surface area contributed by atoms with Crippen LogP contribution in [-0.2, 0) is 4.74 Å². The van der Waals surface area contributed by atoms with Crippen molar-refractivity contribution in [2.45, 2.75) is 46.3 Å². The number of fused-ring (bicyclic) bond motifs is 1. The summed E-state index contributed by atoms with van der Waals surface area (Å²) in [5.74, 6) is -0.265. The average molecular weight is 414 g/mol. The number of aromatic nitrogens is 1. The number of carbonyl (C=O) groups excluding carboxylic acids is 2. The van der Waals surface area contributed by atoms with Gasteiger partial charge in [0.15, 0.2) is 0 Å². The van der Waals surface area contributed by atoms with Crippen LogP contribution in [0.2, 0.25) is 10.0 Å². The molecule has 0 saturated heterocycles. The Hall–Kier alpha value is -1.92. The van der Waals surface area contributed by atoms with Crippen molar-refractivity contribution in [3.05, 3.63) is 33.9 Å². The highest BCUT2D eigenvalue weighted by Crippen LogP contribution is 2.29. The summed E-state index contributed by atoms with van der Waals surface area (Å²) >= 11 is 12.3. The number of amides is 2. The quantitative estimate of drug-likeness (QED) is 0.660. The Balaban J connectivity index is 2.06. The smallest absolute Gasteiger partial charge is 0.407 e. The highest BCUT2D eigenvalue weighted by atomic mass is 35.5. The third-order valence-corrected chi connectivity index (χ3v) is 4.54. The number of nitrogens with one attached hydrogen (secondary N) is 3. The van der Waals surface area contributed by atoms with Crippen LogP contribution < -0.4 is 10.6 Å². The van der Waals surface area contributed by atoms with Crippen molar-refractivity contribution >= 4 is 46.1 Å². The lowest BCUT2D eigenvalue weighted by atomic mass is 10.0. The minimum Gasteiger partial charge on any atom is -0.444 e.